The lowest BCUT2D eigenvalue weighted by molar-refractivity contribution is -0.199. The molecule has 2 amide bonds. The molecule has 24 heavy (non-hydrogen) atoms. The normalized spacial score (nSPS) is 18.9. The van der Waals surface area contributed by atoms with E-state index < -0.39 is 28.8 Å². The molecule has 0 fully saturated rings. The summed E-state index contributed by atoms with van der Waals surface area (Å²) in [7, 11) is 0. The van der Waals surface area contributed by atoms with Gasteiger partial charge in [-0.05, 0) is 24.3 Å². The topological polar surface area (TPSA) is 93.8 Å². The molecule has 1 heterocycles. The van der Waals surface area contributed by atoms with Gasteiger partial charge in [0.25, 0.3) is 11.5 Å². The van der Waals surface area contributed by atoms with Gasteiger partial charge in [-0.15, -0.1) is 0 Å². The maximum absolute atomic E-state index is 13.0. The van der Waals surface area contributed by atoms with Gasteiger partial charge in [0, 0.05) is 12.1 Å². The van der Waals surface area contributed by atoms with Crippen molar-refractivity contribution in [3.8, 4) is 5.75 Å². The summed E-state index contributed by atoms with van der Waals surface area (Å²) in [6.07, 6.45) is -4.31. The van der Waals surface area contributed by atoms with Crippen LogP contribution in [-0.2, 0) is 9.59 Å². The van der Waals surface area contributed by atoms with Gasteiger partial charge in [0.2, 0.25) is 5.91 Å². The summed E-state index contributed by atoms with van der Waals surface area (Å²) < 4.78 is 42.5. The number of thioether (sulfide) groups is 1. The van der Waals surface area contributed by atoms with Gasteiger partial charge in [-0.1, -0.05) is 23.4 Å². The van der Waals surface area contributed by atoms with Crippen molar-refractivity contribution in [3.05, 3.63) is 24.3 Å². The summed E-state index contributed by atoms with van der Waals surface area (Å²) in [6.45, 7) is 0. The van der Waals surface area contributed by atoms with Gasteiger partial charge in [0.05, 0.1) is 0 Å². The van der Waals surface area contributed by atoms with Crippen molar-refractivity contribution in [2.24, 2.45) is 10.7 Å². The number of nitrogens with one attached hydrogen (secondary N) is 1. The zero-order chi connectivity index (χ0) is 17.9. The minimum atomic E-state index is -4.17. The highest BCUT2D eigenvalue weighted by molar-refractivity contribution is 8.15. The van der Waals surface area contributed by atoms with E-state index in [0.717, 1.165) is 23.9 Å². The van der Waals surface area contributed by atoms with E-state index in [1.54, 1.807) is 0 Å². The van der Waals surface area contributed by atoms with Crippen LogP contribution in [0.4, 0.5) is 18.9 Å². The number of nitrogens with two attached hydrogens (primary N) is 1. The molecule has 0 aromatic heterocycles. The van der Waals surface area contributed by atoms with Crippen molar-refractivity contribution in [1.29, 1.82) is 0 Å². The van der Waals surface area contributed by atoms with Crippen LogP contribution in [0.5, 0.6) is 5.75 Å². The van der Waals surface area contributed by atoms with E-state index in [4.69, 9.17) is 5.73 Å². The standard InChI is InChI=1S/C13H11ClF3N3O3S/c14-11(15)13(16,17)23-7-3-1-6(2-4-7)19-9(21)5-8-10(22)20-12(18)24-8/h1-4,8,11H,5H2,(H,19,21)(H2,18,20,22)/t8-,11+/m1/s1. The van der Waals surface area contributed by atoms with Gasteiger partial charge in [-0.25, -0.2) is 4.39 Å². The van der Waals surface area contributed by atoms with Crippen molar-refractivity contribution < 1.29 is 27.5 Å². The third-order valence-corrected chi connectivity index (χ3v) is 4.02. The minimum Gasteiger partial charge on any atom is -0.429 e. The largest absolute Gasteiger partial charge is 0.444 e. The van der Waals surface area contributed by atoms with E-state index >= 15 is 0 Å². The average Bonchev–Trinajstić information content (AvgIpc) is 2.78. The lowest BCUT2D eigenvalue weighted by atomic mass is 10.2. The number of rotatable bonds is 6. The molecular formula is C13H11ClF3N3O3S. The Labute approximate surface area is 143 Å². The predicted octanol–water partition coefficient (Wildman–Crippen LogP) is 2.48. The molecule has 6 nitrogen and oxygen atoms in total. The van der Waals surface area contributed by atoms with Crippen LogP contribution in [0.15, 0.2) is 29.3 Å². The predicted molar refractivity (Wildman–Crippen MR) is 84.0 cm³/mol. The number of carbonyl (C=O) groups is 2. The van der Waals surface area contributed by atoms with Crippen LogP contribution >= 0.6 is 23.4 Å². The quantitative estimate of drug-likeness (QED) is 0.738. The fourth-order valence-electron chi connectivity index (χ4n) is 1.72. The van der Waals surface area contributed by atoms with E-state index in [1.165, 1.54) is 12.1 Å². The first kappa shape index (κ1) is 18.4. The summed E-state index contributed by atoms with van der Waals surface area (Å²) >= 11 is 5.67. The number of alkyl halides is 4. The molecule has 1 aromatic carbocycles. The molecule has 0 saturated carbocycles. The van der Waals surface area contributed by atoms with E-state index in [0.29, 0.717) is 0 Å². The smallest absolute Gasteiger partial charge is 0.429 e. The number of hydrogen-bond donors (Lipinski definition) is 2. The lowest BCUT2D eigenvalue weighted by Crippen LogP contribution is -2.32. The SMILES string of the molecule is NC1=NC(=O)[C@@H](CC(=O)Nc2ccc(OC(F)(F)[C@H](F)Cl)cc2)S1. The number of ether oxygens (including phenoxy) is 1. The Bertz CT molecular complexity index is 670. The average molecular weight is 382 g/mol. The molecule has 0 radical (unpaired) electrons. The zero-order valence-electron chi connectivity index (χ0n) is 11.8. The van der Waals surface area contributed by atoms with E-state index in [-0.39, 0.29) is 23.0 Å². The first-order valence-electron chi connectivity index (χ1n) is 6.47. The molecule has 1 aliphatic heterocycles. The first-order valence-corrected chi connectivity index (χ1v) is 7.78. The third-order valence-electron chi connectivity index (χ3n) is 2.78. The molecule has 3 N–H and O–H groups in total. The maximum Gasteiger partial charge on any atom is 0.444 e. The van der Waals surface area contributed by atoms with Crippen LogP contribution in [0.2, 0.25) is 0 Å². The van der Waals surface area contributed by atoms with Gasteiger partial charge in [-0.2, -0.15) is 13.8 Å². The second-order valence-corrected chi connectivity index (χ2v) is 6.24. The lowest BCUT2D eigenvalue weighted by Gasteiger charge is -2.17. The molecule has 11 heteroatoms. The Balaban J connectivity index is 1.90. The number of amidine groups is 1. The first-order chi connectivity index (χ1) is 11.2. The molecule has 0 saturated heterocycles. The second kappa shape index (κ2) is 7.31. The Morgan fingerprint density at radius 2 is 2.08 bits per heavy atom. The van der Waals surface area contributed by atoms with Gasteiger partial charge in [0.1, 0.15) is 11.0 Å². The monoisotopic (exact) mass is 381 g/mol. The molecule has 1 aliphatic rings. The number of carbonyl (C=O) groups excluding carboxylic acids is 2. The van der Waals surface area contributed by atoms with Gasteiger partial charge < -0.3 is 15.8 Å². The number of hydrogen-bond acceptors (Lipinski definition) is 5. The van der Waals surface area contributed by atoms with Crippen molar-refractivity contribution in [2.75, 3.05) is 5.32 Å². The molecule has 0 aliphatic carbocycles. The number of halogens is 4. The fraction of sp³-hybridized carbons (Fsp3) is 0.308. The summed E-state index contributed by atoms with van der Waals surface area (Å²) in [6, 6.07) is 4.78. The van der Waals surface area contributed by atoms with Crippen molar-refractivity contribution in [2.45, 2.75) is 23.4 Å². The number of anilines is 1. The van der Waals surface area contributed by atoms with E-state index in [2.05, 4.69) is 26.6 Å². The van der Waals surface area contributed by atoms with Crippen LogP contribution in [0.1, 0.15) is 6.42 Å². The van der Waals surface area contributed by atoms with Gasteiger partial charge in [0.15, 0.2) is 5.17 Å². The second-order valence-electron chi connectivity index (χ2n) is 4.64. The Kier molecular flexibility index (Phi) is 5.60. The Hall–Kier alpha value is -1.94. The molecular weight excluding hydrogens is 371 g/mol. The number of nitrogens with zero attached hydrogens (tertiary/aromatic N) is 1. The molecule has 0 bridgehead atoms. The Morgan fingerprint density at radius 1 is 1.46 bits per heavy atom. The van der Waals surface area contributed by atoms with Crippen molar-refractivity contribution in [3.63, 3.8) is 0 Å². The zero-order valence-corrected chi connectivity index (χ0v) is 13.4. The van der Waals surface area contributed by atoms with Crippen molar-refractivity contribution in [1.82, 2.24) is 0 Å². The molecule has 130 valence electrons. The van der Waals surface area contributed by atoms with Crippen LogP contribution in [0, 0.1) is 0 Å². The minimum absolute atomic E-state index is 0.102. The molecule has 0 unspecified atom stereocenters. The van der Waals surface area contributed by atoms with Crippen LogP contribution < -0.4 is 15.8 Å². The van der Waals surface area contributed by atoms with E-state index in [1.807, 2.05) is 0 Å². The van der Waals surface area contributed by atoms with Crippen LogP contribution in [0.3, 0.4) is 0 Å². The maximum atomic E-state index is 13.0. The van der Waals surface area contributed by atoms with Crippen LogP contribution in [0.25, 0.3) is 0 Å². The third kappa shape index (κ3) is 4.78. The van der Waals surface area contributed by atoms with Gasteiger partial charge >= 0.3 is 6.11 Å². The van der Waals surface area contributed by atoms with Gasteiger partial charge in [-0.3, -0.25) is 9.59 Å². The molecule has 2 atom stereocenters. The highest BCUT2D eigenvalue weighted by Gasteiger charge is 2.42. The van der Waals surface area contributed by atoms with Crippen molar-refractivity contribution >= 4 is 46.0 Å². The summed E-state index contributed by atoms with van der Waals surface area (Å²) in [5.41, 5.74) is 2.67. The highest BCUT2D eigenvalue weighted by atomic mass is 35.5. The summed E-state index contributed by atoms with van der Waals surface area (Å²) in [5.74, 6) is -1.29. The molecule has 1 aromatic rings. The van der Waals surface area contributed by atoms with Crippen LogP contribution in [-0.4, -0.2) is 34.0 Å². The summed E-state index contributed by atoms with van der Waals surface area (Å²) in [5, 5.41) is 1.90. The molecule has 0 spiro atoms. The van der Waals surface area contributed by atoms with E-state index in [9.17, 15) is 22.8 Å². The molecule has 2 rings (SSSR count). The number of benzene rings is 1. The summed E-state index contributed by atoms with van der Waals surface area (Å²) in [4.78, 5) is 26.7. The number of amides is 2. The highest BCUT2D eigenvalue weighted by Crippen LogP contribution is 2.29. The fourth-order valence-corrected chi connectivity index (χ4v) is 2.59. The Morgan fingerprint density at radius 3 is 2.58 bits per heavy atom. The number of aliphatic imine (C=N–C) groups is 1.